The Morgan fingerprint density at radius 1 is 1.67 bits per heavy atom. The first-order valence-corrected chi connectivity index (χ1v) is 5.12. The molecule has 2 amide bonds. The van der Waals surface area contributed by atoms with Gasteiger partial charge in [0.15, 0.2) is 5.82 Å². The van der Waals surface area contributed by atoms with Crippen LogP contribution in [0.15, 0.2) is 10.6 Å². The van der Waals surface area contributed by atoms with Gasteiger partial charge in [-0.25, -0.2) is 4.79 Å². The minimum Gasteiger partial charge on any atom is -0.360 e. The maximum atomic E-state index is 11.4. The Morgan fingerprint density at radius 3 is 2.93 bits per heavy atom. The van der Waals surface area contributed by atoms with Crippen LogP contribution < -0.4 is 10.6 Å². The summed E-state index contributed by atoms with van der Waals surface area (Å²) in [5.41, 5.74) is 0. The summed E-state index contributed by atoms with van der Waals surface area (Å²) in [7, 11) is 0. The van der Waals surface area contributed by atoms with E-state index in [0.717, 1.165) is 12.8 Å². The van der Waals surface area contributed by atoms with Crippen molar-refractivity contribution in [2.45, 2.75) is 39.7 Å². The maximum absolute atomic E-state index is 11.4. The number of aryl methyl sites for hydroxylation is 1. The highest BCUT2D eigenvalue weighted by Gasteiger charge is 2.08. The van der Waals surface area contributed by atoms with Gasteiger partial charge in [0.25, 0.3) is 0 Å². The maximum Gasteiger partial charge on any atom is 0.320 e. The Balaban J connectivity index is 2.36. The zero-order valence-electron chi connectivity index (χ0n) is 9.33. The van der Waals surface area contributed by atoms with E-state index >= 15 is 0 Å². The number of aromatic nitrogens is 1. The topological polar surface area (TPSA) is 67.2 Å². The van der Waals surface area contributed by atoms with E-state index in [4.69, 9.17) is 4.52 Å². The summed E-state index contributed by atoms with van der Waals surface area (Å²) < 4.78 is 4.83. The van der Waals surface area contributed by atoms with Gasteiger partial charge in [-0.3, -0.25) is 5.32 Å². The molecular weight excluding hydrogens is 194 g/mol. The van der Waals surface area contributed by atoms with Crippen LogP contribution in [0.25, 0.3) is 0 Å². The summed E-state index contributed by atoms with van der Waals surface area (Å²) in [6, 6.07) is 1.59. The molecule has 1 atom stereocenters. The first-order chi connectivity index (χ1) is 7.11. The molecule has 0 fully saturated rings. The van der Waals surface area contributed by atoms with Crippen molar-refractivity contribution in [3.63, 3.8) is 0 Å². The Bertz CT molecular complexity index is 322. The van der Waals surface area contributed by atoms with Gasteiger partial charge in [-0.1, -0.05) is 18.5 Å². The monoisotopic (exact) mass is 211 g/mol. The van der Waals surface area contributed by atoms with Gasteiger partial charge in [-0.2, -0.15) is 0 Å². The summed E-state index contributed by atoms with van der Waals surface area (Å²) in [5.74, 6) is 1.11. The number of hydrogen-bond donors (Lipinski definition) is 2. The lowest BCUT2D eigenvalue weighted by atomic mass is 10.2. The number of amides is 2. The standard InChI is InChI=1S/C10H17N3O2/c1-4-5-7(2)11-10(14)12-9-6-8(3)15-13-9/h6-7H,4-5H2,1-3H3,(H2,11,12,13,14). The molecule has 0 saturated carbocycles. The van der Waals surface area contributed by atoms with Crippen LogP contribution in [0.3, 0.4) is 0 Å². The van der Waals surface area contributed by atoms with E-state index < -0.39 is 0 Å². The van der Waals surface area contributed by atoms with Crippen molar-refractivity contribution in [1.29, 1.82) is 0 Å². The fourth-order valence-corrected chi connectivity index (χ4v) is 1.31. The number of carbonyl (C=O) groups excluding carboxylic acids is 1. The molecule has 0 aliphatic carbocycles. The fraction of sp³-hybridized carbons (Fsp3) is 0.600. The number of hydrogen-bond acceptors (Lipinski definition) is 3. The van der Waals surface area contributed by atoms with Crippen molar-refractivity contribution in [3.05, 3.63) is 11.8 Å². The predicted octanol–water partition coefficient (Wildman–Crippen LogP) is 2.29. The van der Waals surface area contributed by atoms with E-state index in [9.17, 15) is 4.79 Å². The van der Waals surface area contributed by atoms with Crippen LogP contribution in [0.2, 0.25) is 0 Å². The summed E-state index contributed by atoms with van der Waals surface area (Å²) in [5, 5.41) is 9.07. The van der Waals surface area contributed by atoms with Crippen molar-refractivity contribution in [2.75, 3.05) is 5.32 Å². The van der Waals surface area contributed by atoms with E-state index in [0.29, 0.717) is 11.6 Å². The van der Waals surface area contributed by atoms with Crippen LogP contribution in [0.1, 0.15) is 32.4 Å². The number of rotatable bonds is 4. The molecule has 84 valence electrons. The Labute approximate surface area is 89.2 Å². The van der Waals surface area contributed by atoms with Crippen LogP contribution in [-0.4, -0.2) is 17.2 Å². The molecule has 5 nitrogen and oxygen atoms in total. The zero-order chi connectivity index (χ0) is 11.3. The van der Waals surface area contributed by atoms with E-state index in [1.165, 1.54) is 0 Å². The Kier molecular flexibility index (Phi) is 4.15. The van der Waals surface area contributed by atoms with Gasteiger partial charge in [-0.05, 0) is 20.3 Å². The van der Waals surface area contributed by atoms with Gasteiger partial charge in [0.2, 0.25) is 0 Å². The van der Waals surface area contributed by atoms with Crippen molar-refractivity contribution < 1.29 is 9.32 Å². The molecule has 0 aromatic carbocycles. The average Bonchev–Trinajstić information content (AvgIpc) is 2.51. The van der Waals surface area contributed by atoms with E-state index in [1.54, 1.807) is 13.0 Å². The van der Waals surface area contributed by atoms with Crippen molar-refractivity contribution in [1.82, 2.24) is 10.5 Å². The zero-order valence-corrected chi connectivity index (χ0v) is 9.33. The first kappa shape index (κ1) is 11.6. The van der Waals surface area contributed by atoms with E-state index in [2.05, 4.69) is 22.7 Å². The van der Waals surface area contributed by atoms with Gasteiger partial charge in [0.05, 0.1) is 0 Å². The quantitative estimate of drug-likeness (QED) is 0.803. The van der Waals surface area contributed by atoms with Crippen molar-refractivity contribution in [3.8, 4) is 0 Å². The average molecular weight is 211 g/mol. The minimum atomic E-state index is -0.246. The molecule has 0 aliphatic rings. The molecule has 15 heavy (non-hydrogen) atoms. The molecule has 5 heteroatoms. The molecule has 0 saturated heterocycles. The van der Waals surface area contributed by atoms with Gasteiger partial charge in [0.1, 0.15) is 5.76 Å². The van der Waals surface area contributed by atoms with Crippen LogP contribution in [0, 0.1) is 6.92 Å². The summed E-state index contributed by atoms with van der Waals surface area (Å²) >= 11 is 0. The highest BCUT2D eigenvalue weighted by atomic mass is 16.5. The van der Waals surface area contributed by atoms with Gasteiger partial charge in [0, 0.05) is 12.1 Å². The number of nitrogens with one attached hydrogen (secondary N) is 2. The van der Waals surface area contributed by atoms with Gasteiger partial charge < -0.3 is 9.84 Å². The second-order valence-electron chi connectivity index (χ2n) is 3.61. The number of urea groups is 1. The minimum absolute atomic E-state index is 0.169. The predicted molar refractivity (Wildman–Crippen MR) is 57.8 cm³/mol. The molecule has 0 spiro atoms. The molecule has 1 unspecified atom stereocenters. The van der Waals surface area contributed by atoms with Crippen molar-refractivity contribution >= 4 is 11.8 Å². The van der Waals surface area contributed by atoms with Crippen LogP contribution in [0.5, 0.6) is 0 Å². The number of anilines is 1. The Morgan fingerprint density at radius 2 is 2.40 bits per heavy atom. The first-order valence-electron chi connectivity index (χ1n) is 5.12. The van der Waals surface area contributed by atoms with Crippen LogP contribution in [-0.2, 0) is 0 Å². The highest BCUT2D eigenvalue weighted by Crippen LogP contribution is 2.06. The molecule has 0 bridgehead atoms. The molecule has 1 aromatic rings. The summed E-state index contributed by atoms with van der Waals surface area (Å²) in [6.45, 7) is 5.82. The third-order valence-electron chi connectivity index (χ3n) is 1.97. The lowest BCUT2D eigenvalue weighted by Crippen LogP contribution is -2.36. The van der Waals surface area contributed by atoms with Gasteiger partial charge in [-0.15, -0.1) is 0 Å². The summed E-state index contributed by atoms with van der Waals surface area (Å²) in [6.07, 6.45) is 2.01. The molecule has 1 heterocycles. The molecule has 1 aromatic heterocycles. The molecule has 0 aliphatic heterocycles. The van der Waals surface area contributed by atoms with Crippen LogP contribution in [0.4, 0.5) is 10.6 Å². The highest BCUT2D eigenvalue weighted by molar-refractivity contribution is 5.88. The van der Waals surface area contributed by atoms with E-state index in [-0.39, 0.29) is 12.1 Å². The lowest BCUT2D eigenvalue weighted by molar-refractivity contribution is 0.248. The number of nitrogens with zero attached hydrogens (tertiary/aromatic N) is 1. The summed E-state index contributed by atoms with van der Waals surface area (Å²) in [4.78, 5) is 11.4. The SMILES string of the molecule is CCCC(C)NC(=O)Nc1cc(C)on1. The van der Waals surface area contributed by atoms with Gasteiger partial charge >= 0.3 is 6.03 Å². The lowest BCUT2D eigenvalue weighted by Gasteiger charge is -2.12. The molecule has 2 N–H and O–H groups in total. The number of carbonyl (C=O) groups is 1. The molecule has 0 radical (unpaired) electrons. The normalized spacial score (nSPS) is 12.2. The molecule has 1 rings (SSSR count). The smallest absolute Gasteiger partial charge is 0.320 e. The third-order valence-corrected chi connectivity index (χ3v) is 1.97. The largest absolute Gasteiger partial charge is 0.360 e. The van der Waals surface area contributed by atoms with E-state index in [1.807, 2.05) is 6.92 Å². The molecular formula is C10H17N3O2. The van der Waals surface area contributed by atoms with Crippen LogP contribution >= 0.6 is 0 Å². The third kappa shape index (κ3) is 4.01. The fourth-order valence-electron chi connectivity index (χ4n) is 1.31. The Hall–Kier alpha value is -1.52. The second-order valence-corrected chi connectivity index (χ2v) is 3.61. The second kappa shape index (κ2) is 5.38. The van der Waals surface area contributed by atoms with Crippen molar-refractivity contribution in [2.24, 2.45) is 0 Å².